The first-order valence-electron chi connectivity index (χ1n) is 15.2. The van der Waals surface area contributed by atoms with Crippen LogP contribution >= 0.6 is 0 Å². The molecule has 1 heterocycles. The van der Waals surface area contributed by atoms with Gasteiger partial charge < -0.3 is 25.5 Å². The SMILES string of the molecule is Cc1c(F)cccc1C1C(C(=O)c2cccc(O)c2)CN(C(CO)C(=O)NCCCCN(C)C)CC1C(=O)c1cccc(O)c1. The highest BCUT2D eigenvalue weighted by Crippen LogP contribution is 2.43. The molecule has 3 unspecified atom stereocenters. The van der Waals surface area contributed by atoms with Gasteiger partial charge in [-0.25, -0.2) is 4.39 Å². The quantitative estimate of drug-likeness (QED) is 0.168. The van der Waals surface area contributed by atoms with Crippen molar-refractivity contribution >= 4 is 17.5 Å². The molecule has 9 nitrogen and oxygen atoms in total. The van der Waals surface area contributed by atoms with Crippen molar-refractivity contribution in [1.82, 2.24) is 15.1 Å². The minimum Gasteiger partial charge on any atom is -0.508 e. The largest absolute Gasteiger partial charge is 0.508 e. The summed E-state index contributed by atoms with van der Waals surface area (Å²) in [5.41, 5.74) is 1.19. The highest BCUT2D eigenvalue weighted by Gasteiger charge is 2.47. The number of carbonyl (C=O) groups excluding carboxylic acids is 3. The number of piperidine rings is 1. The smallest absolute Gasteiger partial charge is 0.239 e. The number of ketones is 2. The molecule has 0 aliphatic carbocycles. The molecule has 240 valence electrons. The Morgan fingerprint density at radius 2 is 1.47 bits per heavy atom. The van der Waals surface area contributed by atoms with Crippen LogP contribution in [0.4, 0.5) is 4.39 Å². The van der Waals surface area contributed by atoms with E-state index in [0.29, 0.717) is 17.7 Å². The van der Waals surface area contributed by atoms with E-state index in [4.69, 9.17) is 0 Å². The molecule has 0 radical (unpaired) electrons. The number of likely N-dealkylation sites (tertiary alicyclic amines) is 1. The summed E-state index contributed by atoms with van der Waals surface area (Å²) in [6, 6.07) is 15.3. The van der Waals surface area contributed by atoms with E-state index >= 15 is 0 Å². The number of phenolic OH excluding ortho intramolecular Hbond substituents is 2. The topological polar surface area (TPSA) is 130 Å². The summed E-state index contributed by atoms with van der Waals surface area (Å²) < 4.78 is 15.0. The number of carbonyl (C=O) groups is 3. The lowest BCUT2D eigenvalue weighted by atomic mass is 9.67. The molecule has 45 heavy (non-hydrogen) atoms. The molecule has 1 amide bonds. The average Bonchev–Trinajstić information content (AvgIpc) is 3.01. The summed E-state index contributed by atoms with van der Waals surface area (Å²) in [4.78, 5) is 45.6. The van der Waals surface area contributed by atoms with Gasteiger partial charge in [0.2, 0.25) is 5.91 Å². The van der Waals surface area contributed by atoms with Crippen LogP contribution in [0.3, 0.4) is 0 Å². The number of amides is 1. The monoisotopic (exact) mass is 619 g/mol. The Kier molecular flexibility index (Phi) is 11.4. The maximum Gasteiger partial charge on any atom is 0.239 e. The first-order chi connectivity index (χ1) is 21.5. The Morgan fingerprint density at radius 3 is 1.98 bits per heavy atom. The van der Waals surface area contributed by atoms with E-state index in [0.717, 1.165) is 19.4 Å². The molecule has 1 saturated heterocycles. The zero-order valence-electron chi connectivity index (χ0n) is 25.9. The molecule has 1 aliphatic rings. The van der Waals surface area contributed by atoms with E-state index in [1.807, 2.05) is 14.1 Å². The third kappa shape index (κ3) is 8.13. The molecule has 0 aromatic heterocycles. The van der Waals surface area contributed by atoms with E-state index in [2.05, 4.69) is 10.2 Å². The van der Waals surface area contributed by atoms with Crippen molar-refractivity contribution < 1.29 is 34.1 Å². The van der Waals surface area contributed by atoms with Crippen LogP contribution in [0.15, 0.2) is 66.7 Å². The van der Waals surface area contributed by atoms with Crippen molar-refractivity contribution in [3.05, 3.63) is 94.8 Å². The molecule has 1 fully saturated rings. The standard InChI is InChI=1S/C35H42FN3O6/c1-22-27(13-8-14-30(22)36)32-28(33(43)23-9-6-11-25(41)17-23)19-39(20-29(32)34(44)24-10-7-12-26(42)18-24)31(21-40)35(45)37-15-4-5-16-38(2)3/h6-14,17-18,28-29,31-32,40-42H,4-5,15-16,19-21H2,1-3H3,(H,37,45). The fourth-order valence-corrected chi connectivity index (χ4v) is 6.25. The molecule has 10 heteroatoms. The second kappa shape index (κ2) is 15.2. The minimum atomic E-state index is -1.05. The Bertz CT molecular complexity index is 1440. The lowest BCUT2D eigenvalue weighted by Crippen LogP contribution is -2.58. The van der Waals surface area contributed by atoms with Gasteiger partial charge >= 0.3 is 0 Å². The molecular weight excluding hydrogens is 577 g/mol. The number of hydrogen-bond acceptors (Lipinski definition) is 8. The summed E-state index contributed by atoms with van der Waals surface area (Å²) >= 11 is 0. The highest BCUT2D eigenvalue weighted by atomic mass is 19.1. The summed E-state index contributed by atoms with van der Waals surface area (Å²) in [5.74, 6) is -4.61. The van der Waals surface area contributed by atoms with E-state index < -0.39 is 53.7 Å². The molecule has 0 bridgehead atoms. The fourth-order valence-electron chi connectivity index (χ4n) is 6.25. The highest BCUT2D eigenvalue weighted by molar-refractivity contribution is 6.02. The van der Waals surface area contributed by atoms with Crippen molar-refractivity contribution in [3.8, 4) is 11.5 Å². The molecule has 4 N–H and O–H groups in total. The second-order valence-electron chi connectivity index (χ2n) is 12.0. The van der Waals surface area contributed by atoms with Gasteiger partial charge in [-0.1, -0.05) is 36.4 Å². The molecule has 3 aromatic carbocycles. The first kappa shape index (κ1) is 33.8. The lowest BCUT2D eigenvalue weighted by Gasteiger charge is -2.45. The van der Waals surface area contributed by atoms with E-state index in [9.17, 15) is 34.1 Å². The van der Waals surface area contributed by atoms with E-state index in [1.165, 1.54) is 36.4 Å². The Labute approximate surface area is 263 Å². The number of benzene rings is 3. The normalized spacial score (nSPS) is 19.3. The number of unbranched alkanes of at least 4 members (excludes halogenated alkanes) is 1. The Balaban J connectivity index is 1.77. The number of aliphatic hydroxyl groups excluding tert-OH is 1. The van der Waals surface area contributed by atoms with Crippen LogP contribution in [0.2, 0.25) is 0 Å². The molecular formula is C35H42FN3O6. The van der Waals surface area contributed by atoms with Gasteiger partial charge in [0.15, 0.2) is 11.6 Å². The van der Waals surface area contributed by atoms with Crippen molar-refractivity contribution in [2.75, 3.05) is 46.9 Å². The number of halogens is 1. The van der Waals surface area contributed by atoms with Crippen LogP contribution in [0.25, 0.3) is 0 Å². The van der Waals surface area contributed by atoms with Gasteiger partial charge in [-0.15, -0.1) is 0 Å². The number of rotatable bonds is 13. The number of aliphatic hydroxyl groups is 1. The maximum absolute atomic E-state index is 15.0. The lowest BCUT2D eigenvalue weighted by molar-refractivity contribution is -0.129. The summed E-state index contributed by atoms with van der Waals surface area (Å²) in [5, 5.41) is 33.7. The summed E-state index contributed by atoms with van der Waals surface area (Å²) in [6.07, 6.45) is 1.61. The van der Waals surface area contributed by atoms with Gasteiger partial charge in [0.1, 0.15) is 23.4 Å². The number of phenols is 2. The van der Waals surface area contributed by atoms with Crippen LogP contribution in [-0.2, 0) is 4.79 Å². The Morgan fingerprint density at radius 1 is 0.911 bits per heavy atom. The van der Waals surface area contributed by atoms with E-state index in [1.54, 1.807) is 42.2 Å². The van der Waals surface area contributed by atoms with Gasteiger partial charge in [-0.05, 0) is 81.9 Å². The van der Waals surface area contributed by atoms with Crippen molar-refractivity contribution in [2.45, 2.75) is 31.7 Å². The molecule has 3 aromatic rings. The third-order valence-electron chi connectivity index (χ3n) is 8.58. The number of nitrogens with one attached hydrogen (secondary N) is 1. The molecule has 4 rings (SSSR count). The van der Waals surface area contributed by atoms with Crippen LogP contribution in [-0.4, -0.2) is 95.5 Å². The van der Waals surface area contributed by atoms with Gasteiger partial charge in [-0.2, -0.15) is 0 Å². The maximum atomic E-state index is 15.0. The average molecular weight is 620 g/mol. The number of nitrogens with zero attached hydrogens (tertiary/aromatic N) is 2. The predicted octanol–water partition coefficient (Wildman–Crippen LogP) is 3.76. The van der Waals surface area contributed by atoms with Crippen molar-refractivity contribution in [2.24, 2.45) is 11.8 Å². The molecule has 0 spiro atoms. The molecule has 0 saturated carbocycles. The van der Waals surface area contributed by atoms with Gasteiger partial charge in [0.05, 0.1) is 6.61 Å². The first-order valence-corrected chi connectivity index (χ1v) is 15.2. The van der Waals surface area contributed by atoms with Crippen molar-refractivity contribution in [3.63, 3.8) is 0 Å². The Hall–Kier alpha value is -4.12. The van der Waals surface area contributed by atoms with Gasteiger partial charge in [0, 0.05) is 48.5 Å². The van der Waals surface area contributed by atoms with Crippen LogP contribution in [0.5, 0.6) is 11.5 Å². The predicted molar refractivity (Wildman–Crippen MR) is 169 cm³/mol. The zero-order valence-corrected chi connectivity index (χ0v) is 25.9. The number of aromatic hydroxyl groups is 2. The molecule has 3 atom stereocenters. The summed E-state index contributed by atoms with van der Waals surface area (Å²) in [6.45, 7) is 2.32. The van der Waals surface area contributed by atoms with Crippen LogP contribution in [0.1, 0.15) is 50.6 Å². The molecule has 1 aliphatic heterocycles. The minimum absolute atomic E-state index is 0.00178. The van der Waals surface area contributed by atoms with Crippen molar-refractivity contribution in [1.29, 1.82) is 0 Å². The number of hydrogen-bond donors (Lipinski definition) is 4. The van der Waals surface area contributed by atoms with Gasteiger partial charge in [-0.3, -0.25) is 19.3 Å². The van der Waals surface area contributed by atoms with Crippen LogP contribution < -0.4 is 5.32 Å². The van der Waals surface area contributed by atoms with Crippen LogP contribution in [0, 0.1) is 24.6 Å². The second-order valence-corrected chi connectivity index (χ2v) is 12.0. The number of Topliss-reactive ketones (excluding diaryl/α,β-unsaturated/α-hetero) is 2. The van der Waals surface area contributed by atoms with Gasteiger partial charge in [0.25, 0.3) is 0 Å². The summed E-state index contributed by atoms with van der Waals surface area (Å²) in [7, 11) is 3.94. The fraction of sp³-hybridized carbons (Fsp3) is 0.400. The third-order valence-corrected chi connectivity index (χ3v) is 8.58. The zero-order chi connectivity index (χ0) is 32.7. The van der Waals surface area contributed by atoms with E-state index in [-0.39, 0.29) is 35.7 Å².